The Hall–Kier alpha value is -3.26. The van der Waals surface area contributed by atoms with Crippen molar-refractivity contribution in [1.82, 2.24) is 20.5 Å². The zero-order valence-electron chi connectivity index (χ0n) is 12.6. The summed E-state index contributed by atoms with van der Waals surface area (Å²) in [6.07, 6.45) is 4.62. The van der Waals surface area contributed by atoms with Gasteiger partial charge in [-0.1, -0.05) is 0 Å². The molecule has 2 aromatic heterocycles. The normalized spacial score (nSPS) is 11.9. The highest BCUT2D eigenvalue weighted by molar-refractivity contribution is 6.01. The Morgan fingerprint density at radius 1 is 1.21 bits per heavy atom. The second-order valence-corrected chi connectivity index (χ2v) is 5.11. The molecule has 1 atom stereocenters. The summed E-state index contributed by atoms with van der Waals surface area (Å²) in [6.45, 7) is -0.519. The molecule has 3 rings (SSSR count). The van der Waals surface area contributed by atoms with Gasteiger partial charge in [-0.25, -0.2) is 0 Å². The number of carbonyl (C=O) groups excluding carboxylic acids is 2. The van der Waals surface area contributed by atoms with Gasteiger partial charge in [0.15, 0.2) is 0 Å². The minimum absolute atomic E-state index is 0.357. The molecule has 0 aliphatic heterocycles. The van der Waals surface area contributed by atoms with Crippen LogP contribution in [0.4, 0.5) is 5.69 Å². The maximum absolute atomic E-state index is 12.3. The van der Waals surface area contributed by atoms with Gasteiger partial charge in [-0.05, 0) is 30.3 Å². The van der Waals surface area contributed by atoms with Crippen molar-refractivity contribution in [1.29, 1.82) is 0 Å². The first kappa shape index (κ1) is 15.6. The van der Waals surface area contributed by atoms with Crippen molar-refractivity contribution in [3.05, 3.63) is 54.5 Å². The predicted molar refractivity (Wildman–Crippen MR) is 87.3 cm³/mol. The molecule has 8 heteroatoms. The third kappa shape index (κ3) is 3.39. The number of carbonyl (C=O) groups is 2. The molecule has 0 saturated heterocycles. The number of nitrogens with one attached hydrogen (secondary N) is 3. The Balaban J connectivity index is 1.68. The van der Waals surface area contributed by atoms with E-state index in [0.717, 1.165) is 10.9 Å². The number of aromatic nitrogens is 3. The van der Waals surface area contributed by atoms with E-state index in [1.807, 2.05) is 0 Å². The Morgan fingerprint density at radius 2 is 2.00 bits per heavy atom. The van der Waals surface area contributed by atoms with Crippen LogP contribution in [0.25, 0.3) is 10.9 Å². The molecule has 0 fully saturated rings. The molecule has 0 spiro atoms. The summed E-state index contributed by atoms with van der Waals surface area (Å²) in [5, 5.41) is 22.2. The molecule has 0 aliphatic carbocycles. The van der Waals surface area contributed by atoms with Crippen molar-refractivity contribution < 1.29 is 14.7 Å². The number of anilines is 1. The lowest BCUT2D eigenvalue weighted by Crippen LogP contribution is -2.46. The molecule has 24 heavy (non-hydrogen) atoms. The summed E-state index contributed by atoms with van der Waals surface area (Å²) in [4.78, 5) is 28.2. The number of pyridine rings is 1. The van der Waals surface area contributed by atoms with Crippen molar-refractivity contribution in [2.24, 2.45) is 0 Å². The van der Waals surface area contributed by atoms with Crippen LogP contribution in [0.1, 0.15) is 10.4 Å². The first-order valence-electron chi connectivity index (χ1n) is 7.23. The molecule has 1 unspecified atom stereocenters. The number of aromatic amines is 1. The number of H-pyrrole nitrogens is 1. The topological polar surface area (TPSA) is 120 Å². The zero-order valence-corrected chi connectivity index (χ0v) is 12.6. The standard InChI is InChI=1S/C16H15N5O3/c22-9-14(20-15(23)10-3-5-17-6-4-10)16(24)19-12-2-1-11-8-18-21-13(11)7-12/h1-8,14,22H,9H2,(H,18,21)(H,19,24)(H,20,23). The van der Waals surface area contributed by atoms with Crippen molar-refractivity contribution in [3.63, 3.8) is 0 Å². The van der Waals surface area contributed by atoms with Gasteiger partial charge in [-0.15, -0.1) is 0 Å². The van der Waals surface area contributed by atoms with Crippen LogP contribution in [0.5, 0.6) is 0 Å². The minimum atomic E-state index is -1.07. The third-order valence-electron chi connectivity index (χ3n) is 3.46. The molecule has 2 heterocycles. The summed E-state index contributed by atoms with van der Waals surface area (Å²) in [5.41, 5.74) is 1.66. The molecule has 3 aromatic rings. The fourth-order valence-corrected chi connectivity index (χ4v) is 2.18. The lowest BCUT2D eigenvalue weighted by Gasteiger charge is -2.16. The van der Waals surface area contributed by atoms with Gasteiger partial charge >= 0.3 is 0 Å². The van der Waals surface area contributed by atoms with E-state index in [9.17, 15) is 14.7 Å². The number of benzene rings is 1. The van der Waals surface area contributed by atoms with E-state index in [0.29, 0.717) is 11.3 Å². The van der Waals surface area contributed by atoms with Crippen molar-refractivity contribution in [2.75, 3.05) is 11.9 Å². The third-order valence-corrected chi connectivity index (χ3v) is 3.46. The van der Waals surface area contributed by atoms with Gasteiger partial charge in [0, 0.05) is 29.0 Å². The monoisotopic (exact) mass is 325 g/mol. The number of hydrogen-bond acceptors (Lipinski definition) is 5. The quantitative estimate of drug-likeness (QED) is 0.550. The molecule has 0 saturated carbocycles. The lowest BCUT2D eigenvalue weighted by molar-refractivity contribution is -0.118. The van der Waals surface area contributed by atoms with E-state index in [1.165, 1.54) is 24.5 Å². The molecule has 2 amide bonds. The van der Waals surface area contributed by atoms with Gasteiger partial charge in [0.05, 0.1) is 18.3 Å². The zero-order chi connectivity index (χ0) is 16.9. The number of hydrogen-bond donors (Lipinski definition) is 4. The van der Waals surface area contributed by atoms with Crippen LogP contribution < -0.4 is 10.6 Å². The van der Waals surface area contributed by atoms with Crippen LogP contribution in [0.3, 0.4) is 0 Å². The Labute approximate surface area is 136 Å². The second-order valence-electron chi connectivity index (χ2n) is 5.11. The summed E-state index contributed by atoms with van der Waals surface area (Å²) in [7, 11) is 0. The van der Waals surface area contributed by atoms with Crippen LogP contribution >= 0.6 is 0 Å². The molecular formula is C16H15N5O3. The predicted octanol–water partition coefficient (Wildman–Crippen LogP) is 0.687. The highest BCUT2D eigenvalue weighted by atomic mass is 16.3. The highest BCUT2D eigenvalue weighted by Gasteiger charge is 2.20. The summed E-state index contributed by atoms with van der Waals surface area (Å²) < 4.78 is 0. The van der Waals surface area contributed by atoms with Gasteiger partial charge in [-0.3, -0.25) is 19.7 Å². The van der Waals surface area contributed by atoms with Gasteiger partial charge in [0.25, 0.3) is 5.91 Å². The smallest absolute Gasteiger partial charge is 0.252 e. The lowest BCUT2D eigenvalue weighted by atomic mass is 10.2. The van der Waals surface area contributed by atoms with Gasteiger partial charge in [0.2, 0.25) is 5.91 Å². The Morgan fingerprint density at radius 3 is 2.75 bits per heavy atom. The molecule has 0 aliphatic rings. The van der Waals surface area contributed by atoms with E-state index in [2.05, 4.69) is 25.8 Å². The van der Waals surface area contributed by atoms with Crippen molar-refractivity contribution >= 4 is 28.4 Å². The molecular weight excluding hydrogens is 310 g/mol. The number of aliphatic hydroxyl groups excluding tert-OH is 1. The number of fused-ring (bicyclic) bond motifs is 1. The summed E-state index contributed by atoms with van der Waals surface area (Å²) in [6, 6.07) is 7.22. The molecule has 0 radical (unpaired) electrons. The molecule has 8 nitrogen and oxygen atoms in total. The average Bonchev–Trinajstić information content (AvgIpc) is 3.07. The summed E-state index contributed by atoms with van der Waals surface area (Å²) in [5.74, 6) is -0.977. The first-order valence-corrected chi connectivity index (χ1v) is 7.23. The van der Waals surface area contributed by atoms with Crippen LogP contribution in [0.15, 0.2) is 48.9 Å². The van der Waals surface area contributed by atoms with E-state index >= 15 is 0 Å². The largest absolute Gasteiger partial charge is 0.394 e. The SMILES string of the molecule is O=C(NC(CO)C(=O)Nc1ccc2cn[nH]c2c1)c1ccncc1. The van der Waals surface area contributed by atoms with Crippen molar-refractivity contribution in [3.8, 4) is 0 Å². The summed E-state index contributed by atoms with van der Waals surface area (Å²) >= 11 is 0. The Kier molecular flexibility index (Phi) is 4.48. The number of aliphatic hydroxyl groups is 1. The van der Waals surface area contributed by atoms with Gasteiger partial charge in [-0.2, -0.15) is 5.10 Å². The van der Waals surface area contributed by atoms with Crippen LogP contribution in [0, 0.1) is 0 Å². The van der Waals surface area contributed by atoms with E-state index in [4.69, 9.17) is 0 Å². The molecule has 0 bridgehead atoms. The first-order chi connectivity index (χ1) is 11.7. The van der Waals surface area contributed by atoms with Crippen molar-refractivity contribution in [2.45, 2.75) is 6.04 Å². The van der Waals surface area contributed by atoms with Crippen LogP contribution in [-0.2, 0) is 4.79 Å². The van der Waals surface area contributed by atoms with Crippen LogP contribution in [-0.4, -0.2) is 44.8 Å². The molecule has 1 aromatic carbocycles. The van der Waals surface area contributed by atoms with Gasteiger partial charge < -0.3 is 15.7 Å². The molecule has 4 N–H and O–H groups in total. The Bertz CT molecular complexity index is 862. The second kappa shape index (κ2) is 6.88. The van der Waals surface area contributed by atoms with E-state index in [1.54, 1.807) is 24.4 Å². The van der Waals surface area contributed by atoms with E-state index < -0.39 is 24.5 Å². The fourth-order valence-electron chi connectivity index (χ4n) is 2.18. The minimum Gasteiger partial charge on any atom is -0.394 e. The maximum Gasteiger partial charge on any atom is 0.252 e. The maximum atomic E-state index is 12.3. The van der Waals surface area contributed by atoms with Crippen LogP contribution in [0.2, 0.25) is 0 Å². The number of nitrogens with zero attached hydrogens (tertiary/aromatic N) is 2. The highest BCUT2D eigenvalue weighted by Crippen LogP contribution is 2.16. The fraction of sp³-hybridized carbons (Fsp3) is 0.125. The number of rotatable bonds is 5. The van der Waals surface area contributed by atoms with Gasteiger partial charge in [0.1, 0.15) is 6.04 Å². The average molecular weight is 325 g/mol. The number of amides is 2. The molecule has 122 valence electrons. The van der Waals surface area contributed by atoms with E-state index in [-0.39, 0.29) is 0 Å².